The molecule has 3 rings (SSSR count). The first-order valence-electron chi connectivity index (χ1n) is 8.12. The van der Waals surface area contributed by atoms with Crippen LogP contribution in [0.3, 0.4) is 0 Å². The minimum Gasteiger partial charge on any atom is -0.441 e. The summed E-state index contributed by atoms with van der Waals surface area (Å²) < 4.78 is 5.82. The van der Waals surface area contributed by atoms with Crippen LogP contribution >= 0.6 is 11.6 Å². The van der Waals surface area contributed by atoms with Gasteiger partial charge in [0.1, 0.15) is 5.76 Å². The largest absolute Gasteiger partial charge is 0.441 e. The van der Waals surface area contributed by atoms with Gasteiger partial charge in [-0.15, -0.1) is 0 Å². The number of rotatable bonds is 4. The summed E-state index contributed by atoms with van der Waals surface area (Å²) in [5.74, 6) is 1.48. The number of oxazole rings is 1. The van der Waals surface area contributed by atoms with E-state index < -0.39 is 0 Å². The SMILES string of the molecule is CC(=O)N(C)[C@H]1CCN(Cc2nc(-c3ccccc3Cl)oc2C)C1. The number of halogens is 1. The fourth-order valence-electron chi connectivity index (χ4n) is 3.07. The molecule has 0 saturated carbocycles. The lowest BCUT2D eigenvalue weighted by molar-refractivity contribution is -0.129. The molecule has 1 aromatic heterocycles. The molecule has 5 nitrogen and oxygen atoms in total. The number of carbonyl (C=O) groups is 1. The fourth-order valence-corrected chi connectivity index (χ4v) is 3.28. The molecule has 0 N–H and O–H groups in total. The number of likely N-dealkylation sites (tertiary alicyclic amines) is 1. The Morgan fingerprint density at radius 2 is 2.21 bits per heavy atom. The predicted octanol–water partition coefficient (Wildman–Crippen LogP) is 3.36. The lowest BCUT2D eigenvalue weighted by Crippen LogP contribution is -2.37. The quantitative estimate of drug-likeness (QED) is 0.851. The number of aryl methyl sites for hydroxylation is 1. The second-order valence-electron chi connectivity index (χ2n) is 6.31. The summed E-state index contributed by atoms with van der Waals surface area (Å²) >= 11 is 6.23. The van der Waals surface area contributed by atoms with Crippen LogP contribution in [-0.4, -0.2) is 46.9 Å². The molecule has 0 aliphatic carbocycles. The highest BCUT2D eigenvalue weighted by Gasteiger charge is 2.28. The molecule has 128 valence electrons. The van der Waals surface area contributed by atoms with Gasteiger partial charge in [-0.3, -0.25) is 9.69 Å². The number of benzene rings is 1. The maximum absolute atomic E-state index is 11.5. The lowest BCUT2D eigenvalue weighted by Gasteiger charge is -2.23. The molecule has 1 atom stereocenters. The molecule has 0 radical (unpaired) electrons. The van der Waals surface area contributed by atoms with Crippen LogP contribution in [0.5, 0.6) is 0 Å². The van der Waals surface area contributed by atoms with Gasteiger partial charge in [0.25, 0.3) is 0 Å². The van der Waals surface area contributed by atoms with E-state index in [2.05, 4.69) is 9.88 Å². The van der Waals surface area contributed by atoms with E-state index in [1.54, 1.807) is 6.92 Å². The summed E-state index contributed by atoms with van der Waals surface area (Å²) in [6.45, 7) is 6.08. The van der Waals surface area contributed by atoms with Gasteiger partial charge in [0.2, 0.25) is 11.8 Å². The topological polar surface area (TPSA) is 49.6 Å². The third kappa shape index (κ3) is 3.47. The molecule has 2 heterocycles. The molecular weight excluding hydrogens is 326 g/mol. The number of likely N-dealkylation sites (N-methyl/N-ethyl adjacent to an activating group) is 1. The van der Waals surface area contributed by atoms with Crippen molar-refractivity contribution in [2.75, 3.05) is 20.1 Å². The van der Waals surface area contributed by atoms with Gasteiger partial charge in [0.15, 0.2) is 0 Å². The molecule has 6 heteroatoms. The summed E-state index contributed by atoms with van der Waals surface area (Å²) in [4.78, 5) is 20.3. The average molecular weight is 348 g/mol. The highest BCUT2D eigenvalue weighted by Crippen LogP contribution is 2.29. The Kier molecular flexibility index (Phi) is 4.92. The molecule has 1 aliphatic rings. The molecule has 0 bridgehead atoms. The van der Waals surface area contributed by atoms with Gasteiger partial charge in [-0.2, -0.15) is 0 Å². The van der Waals surface area contributed by atoms with Crippen LogP contribution in [0.25, 0.3) is 11.5 Å². The number of amides is 1. The molecule has 1 amide bonds. The molecule has 1 saturated heterocycles. The van der Waals surface area contributed by atoms with Crippen LogP contribution in [0, 0.1) is 6.92 Å². The average Bonchev–Trinajstić information content (AvgIpc) is 3.15. The highest BCUT2D eigenvalue weighted by molar-refractivity contribution is 6.33. The van der Waals surface area contributed by atoms with Crippen molar-refractivity contribution in [2.24, 2.45) is 0 Å². The maximum atomic E-state index is 11.5. The Hall–Kier alpha value is -1.85. The van der Waals surface area contributed by atoms with Crippen molar-refractivity contribution in [1.29, 1.82) is 0 Å². The number of nitrogens with zero attached hydrogens (tertiary/aromatic N) is 3. The first-order chi connectivity index (χ1) is 11.5. The zero-order valence-electron chi connectivity index (χ0n) is 14.3. The first-order valence-corrected chi connectivity index (χ1v) is 8.50. The van der Waals surface area contributed by atoms with Crippen LogP contribution in [0.4, 0.5) is 0 Å². The molecular formula is C18H22ClN3O2. The highest BCUT2D eigenvalue weighted by atomic mass is 35.5. The molecule has 1 aromatic carbocycles. The van der Waals surface area contributed by atoms with Crippen molar-refractivity contribution < 1.29 is 9.21 Å². The fraction of sp³-hybridized carbons (Fsp3) is 0.444. The summed E-state index contributed by atoms with van der Waals surface area (Å²) in [6, 6.07) is 7.82. The van der Waals surface area contributed by atoms with Gasteiger partial charge in [-0.1, -0.05) is 23.7 Å². The zero-order chi connectivity index (χ0) is 17.3. The minimum atomic E-state index is 0.112. The van der Waals surface area contributed by atoms with Crippen LogP contribution in [0.1, 0.15) is 24.8 Å². The Morgan fingerprint density at radius 3 is 2.92 bits per heavy atom. The molecule has 1 aliphatic heterocycles. The Labute approximate surface area is 147 Å². The normalized spacial score (nSPS) is 18.1. The van der Waals surface area contributed by atoms with Gasteiger partial charge < -0.3 is 9.32 Å². The first kappa shape index (κ1) is 17.0. The van der Waals surface area contributed by atoms with E-state index >= 15 is 0 Å². The maximum Gasteiger partial charge on any atom is 0.228 e. The second-order valence-corrected chi connectivity index (χ2v) is 6.72. The van der Waals surface area contributed by atoms with E-state index in [1.165, 1.54) is 0 Å². The van der Waals surface area contributed by atoms with Crippen molar-refractivity contribution in [1.82, 2.24) is 14.8 Å². The smallest absolute Gasteiger partial charge is 0.228 e. The van der Waals surface area contributed by atoms with Gasteiger partial charge in [0.05, 0.1) is 16.3 Å². The second kappa shape index (κ2) is 6.95. The van der Waals surface area contributed by atoms with Crippen LogP contribution in [0.2, 0.25) is 5.02 Å². The van der Waals surface area contributed by atoms with Gasteiger partial charge in [-0.05, 0) is 25.5 Å². The summed E-state index contributed by atoms with van der Waals surface area (Å²) in [6.07, 6.45) is 0.990. The van der Waals surface area contributed by atoms with Crippen molar-refractivity contribution in [3.05, 3.63) is 40.7 Å². The molecule has 0 unspecified atom stereocenters. The summed E-state index contributed by atoms with van der Waals surface area (Å²) in [5, 5.41) is 0.634. The zero-order valence-corrected chi connectivity index (χ0v) is 15.0. The number of aromatic nitrogens is 1. The van der Waals surface area contributed by atoms with Gasteiger partial charge in [0, 0.05) is 39.6 Å². The van der Waals surface area contributed by atoms with Crippen molar-refractivity contribution in [3.8, 4) is 11.5 Å². The number of carbonyl (C=O) groups excluding carboxylic acids is 1. The molecule has 2 aromatic rings. The Balaban J connectivity index is 1.71. The van der Waals surface area contributed by atoms with E-state index in [4.69, 9.17) is 16.0 Å². The number of hydrogen-bond acceptors (Lipinski definition) is 4. The van der Waals surface area contributed by atoms with E-state index in [1.807, 2.05) is 43.1 Å². The monoisotopic (exact) mass is 347 g/mol. The van der Waals surface area contributed by atoms with Crippen molar-refractivity contribution >= 4 is 17.5 Å². The lowest BCUT2D eigenvalue weighted by atomic mass is 10.2. The van der Waals surface area contributed by atoms with E-state index in [0.29, 0.717) is 10.9 Å². The van der Waals surface area contributed by atoms with Crippen LogP contribution < -0.4 is 0 Å². The van der Waals surface area contributed by atoms with Gasteiger partial charge in [-0.25, -0.2) is 4.98 Å². The molecule has 24 heavy (non-hydrogen) atoms. The molecule has 1 fully saturated rings. The van der Waals surface area contributed by atoms with Crippen molar-refractivity contribution in [3.63, 3.8) is 0 Å². The van der Waals surface area contributed by atoms with Gasteiger partial charge >= 0.3 is 0 Å². The van der Waals surface area contributed by atoms with Crippen molar-refractivity contribution in [2.45, 2.75) is 32.9 Å². The number of hydrogen-bond donors (Lipinski definition) is 0. The van der Waals surface area contributed by atoms with Crippen LogP contribution in [-0.2, 0) is 11.3 Å². The minimum absolute atomic E-state index is 0.112. The predicted molar refractivity (Wildman–Crippen MR) is 93.8 cm³/mol. The Morgan fingerprint density at radius 1 is 1.46 bits per heavy atom. The van der Waals surface area contributed by atoms with E-state index in [9.17, 15) is 4.79 Å². The Bertz CT molecular complexity index is 744. The summed E-state index contributed by atoms with van der Waals surface area (Å²) in [5.41, 5.74) is 1.74. The molecule has 0 spiro atoms. The van der Waals surface area contributed by atoms with Crippen LogP contribution in [0.15, 0.2) is 28.7 Å². The standard InChI is InChI=1S/C18H22ClN3O2/c1-12-17(11-22-9-8-14(10-22)21(3)13(2)23)20-18(24-12)15-6-4-5-7-16(15)19/h4-7,14H,8-11H2,1-3H3/t14-/m0/s1. The summed E-state index contributed by atoms with van der Waals surface area (Å²) in [7, 11) is 1.87. The van der Waals surface area contributed by atoms with E-state index in [-0.39, 0.29) is 11.9 Å². The van der Waals surface area contributed by atoms with E-state index in [0.717, 1.165) is 43.1 Å². The third-order valence-electron chi connectivity index (χ3n) is 4.66. The third-order valence-corrected chi connectivity index (χ3v) is 4.99.